The zero-order valence-corrected chi connectivity index (χ0v) is 47.0. The van der Waals surface area contributed by atoms with E-state index in [1.807, 2.05) is 108 Å². The van der Waals surface area contributed by atoms with Crippen LogP contribution in [-0.4, -0.2) is 94.5 Å². The molecule has 1 aliphatic carbocycles. The van der Waals surface area contributed by atoms with Gasteiger partial charge in [-0.05, 0) is 109 Å². The molecule has 2 aliphatic rings. The Hall–Kier alpha value is -8.07. The molecule has 2 N–H and O–H groups in total. The number of hydrogen-bond donors (Lipinski definition) is 2. The highest BCUT2D eigenvalue weighted by molar-refractivity contribution is 7.44. The van der Waals surface area contributed by atoms with Crippen LogP contribution in [0.5, 0.6) is 11.5 Å². The maximum atomic E-state index is 13.8. The molecule has 0 radical (unpaired) electrons. The van der Waals surface area contributed by atoms with Crippen LogP contribution in [0.3, 0.4) is 0 Å². The number of carbonyl (C=O) groups is 2. The van der Waals surface area contributed by atoms with Crippen LogP contribution in [0.25, 0.3) is 22.3 Å². The van der Waals surface area contributed by atoms with Crippen molar-refractivity contribution in [3.05, 3.63) is 203 Å². The topological polar surface area (TPSA) is 193 Å². The maximum absolute atomic E-state index is 13.8. The Morgan fingerprint density at radius 3 is 1.98 bits per heavy atom. The highest BCUT2D eigenvalue weighted by atomic mass is 31.2. The predicted octanol–water partition coefficient (Wildman–Crippen LogP) is 12.1. The number of benzene rings is 6. The summed E-state index contributed by atoms with van der Waals surface area (Å²) in [5.74, 6) is 1.14. The third-order valence-electron chi connectivity index (χ3n) is 14.6. The second-order valence-corrected chi connectivity index (χ2v) is 21.7. The van der Waals surface area contributed by atoms with Crippen LogP contribution in [-0.2, 0) is 35.4 Å². The lowest BCUT2D eigenvalue weighted by Crippen LogP contribution is -2.39. The van der Waals surface area contributed by atoms with E-state index in [1.165, 1.54) is 6.33 Å². The van der Waals surface area contributed by atoms with Gasteiger partial charge in [0.05, 0.1) is 52.4 Å². The zero-order valence-electron chi connectivity index (χ0n) is 46.1. The van der Waals surface area contributed by atoms with Crippen LogP contribution in [0.15, 0.2) is 164 Å². The minimum atomic E-state index is -1.71. The minimum absolute atomic E-state index is 0.0431. The van der Waals surface area contributed by atoms with Crippen LogP contribution < -0.4 is 20.1 Å². The molecule has 6 aromatic carbocycles. The lowest BCUT2D eigenvalue weighted by atomic mass is 9.80. The molecule has 416 valence electrons. The van der Waals surface area contributed by atoms with Crippen LogP contribution in [0.2, 0.25) is 0 Å². The molecule has 2 amide bonds. The van der Waals surface area contributed by atoms with Crippen molar-refractivity contribution in [3.8, 4) is 28.7 Å². The number of hydrogen-bond acceptors (Lipinski definition) is 14. The Morgan fingerprint density at radius 1 is 0.765 bits per heavy atom. The van der Waals surface area contributed by atoms with Gasteiger partial charge >= 0.3 is 6.09 Å². The fraction of sp³-hybridized carbons (Fsp3) is 0.302. The first-order valence-corrected chi connectivity index (χ1v) is 28.2. The number of nitrogens with zero attached hydrogens (tertiary/aromatic N) is 6. The number of nitrogens with one attached hydrogen (secondary N) is 2. The molecule has 4 unspecified atom stereocenters. The largest absolute Gasteiger partial charge is 0.497 e. The summed E-state index contributed by atoms with van der Waals surface area (Å²) in [5.41, 5.74) is 7.94. The Bertz CT molecular complexity index is 3370. The molecule has 0 bridgehead atoms. The molecule has 0 spiro atoms. The van der Waals surface area contributed by atoms with Gasteiger partial charge in [-0.2, -0.15) is 5.26 Å². The van der Waals surface area contributed by atoms with Crippen molar-refractivity contribution < 1.29 is 42.3 Å². The number of fused-ring (bicyclic) bond motifs is 4. The summed E-state index contributed by atoms with van der Waals surface area (Å²) in [7, 11) is 1.56. The number of anilines is 1. The molecule has 8 aromatic rings. The first kappa shape index (κ1) is 56.2. The first-order valence-electron chi connectivity index (χ1n) is 27.0. The molecular weight excluding hydrogens is 1040 g/mol. The van der Waals surface area contributed by atoms with Gasteiger partial charge in [-0.3, -0.25) is 9.36 Å². The Labute approximate surface area is 473 Å². The minimum Gasteiger partial charge on any atom is -0.497 e. The van der Waals surface area contributed by atoms with Gasteiger partial charge < -0.3 is 43.4 Å². The number of nitriles is 1. The molecule has 10 rings (SSSR count). The van der Waals surface area contributed by atoms with Gasteiger partial charge in [0.25, 0.3) is 14.4 Å². The standard InChI is InChI=1S/C63H65N8O9P/c1-41(2)71(42(3)4)81(78-34-14-33-64)80-55-35-57(79-56(55)38-77-63(45-15-8-7-9-16-45,46-25-29-48(74-5)30-26-46)47-27-31-49(75-6)32-28-47)70-40-68-58-59(66-39-67-60(58)70)69-61(72)44-23-21-43(22-24-44)36-65-62(73)76-37-54-52-19-12-10-17-50(52)51-18-11-13-20-53(51)54/h7-13,15-32,39-42,54-57H,14,34-38H2,1-6H3,(H,65,73)(H,66,67,69,72). The van der Waals surface area contributed by atoms with E-state index in [4.69, 9.17) is 37.7 Å². The smallest absolute Gasteiger partial charge is 0.407 e. The summed E-state index contributed by atoms with van der Waals surface area (Å²) < 4.78 is 49.0. The van der Waals surface area contributed by atoms with E-state index in [9.17, 15) is 14.9 Å². The molecule has 0 saturated carbocycles. The number of ether oxygens (including phenoxy) is 5. The number of rotatable bonds is 23. The molecule has 1 fully saturated rings. The molecular formula is C63H65N8O9P. The van der Waals surface area contributed by atoms with Gasteiger partial charge in [0.1, 0.15) is 42.4 Å². The van der Waals surface area contributed by atoms with Crippen LogP contribution in [0, 0.1) is 11.3 Å². The van der Waals surface area contributed by atoms with Crippen molar-refractivity contribution in [2.75, 3.05) is 39.4 Å². The van der Waals surface area contributed by atoms with Crippen molar-refractivity contribution in [3.63, 3.8) is 0 Å². The predicted molar refractivity (Wildman–Crippen MR) is 309 cm³/mol. The highest BCUT2D eigenvalue weighted by Crippen LogP contribution is 2.51. The number of methoxy groups -OCH3 is 2. The molecule has 18 heteroatoms. The summed E-state index contributed by atoms with van der Waals surface area (Å²) in [6, 6.07) is 51.3. The molecule has 1 aliphatic heterocycles. The monoisotopic (exact) mass is 1110 g/mol. The van der Waals surface area contributed by atoms with Gasteiger partial charge in [-0.15, -0.1) is 0 Å². The molecule has 3 heterocycles. The number of imidazole rings is 1. The second-order valence-electron chi connectivity index (χ2n) is 20.2. The average Bonchev–Trinajstić information content (AvgIpc) is 4.30. The van der Waals surface area contributed by atoms with Crippen molar-refractivity contribution in [2.24, 2.45) is 0 Å². The van der Waals surface area contributed by atoms with E-state index in [1.54, 1.807) is 44.8 Å². The van der Waals surface area contributed by atoms with Crippen LogP contribution in [0.4, 0.5) is 10.6 Å². The van der Waals surface area contributed by atoms with E-state index >= 15 is 0 Å². The molecule has 1 saturated heterocycles. The number of amides is 2. The quantitative estimate of drug-likeness (QED) is 0.0349. The fourth-order valence-electron chi connectivity index (χ4n) is 10.8. The highest BCUT2D eigenvalue weighted by Gasteiger charge is 2.45. The van der Waals surface area contributed by atoms with Crippen LogP contribution in [0.1, 0.15) is 96.4 Å². The third kappa shape index (κ3) is 12.2. The number of alkyl carbamates (subject to hydrolysis) is 1. The molecule has 81 heavy (non-hydrogen) atoms. The molecule has 4 atom stereocenters. The van der Waals surface area contributed by atoms with E-state index in [0.717, 1.165) is 44.5 Å². The first-order chi connectivity index (χ1) is 39.5. The van der Waals surface area contributed by atoms with Gasteiger partial charge in [0.2, 0.25) is 0 Å². The summed E-state index contributed by atoms with van der Waals surface area (Å²) in [6.07, 6.45) is 1.05. The van der Waals surface area contributed by atoms with E-state index in [-0.39, 0.29) is 56.6 Å². The van der Waals surface area contributed by atoms with E-state index < -0.39 is 44.6 Å². The number of aromatic nitrogens is 4. The fourth-order valence-corrected chi connectivity index (χ4v) is 12.5. The summed E-state index contributed by atoms with van der Waals surface area (Å²) >= 11 is 0. The molecule has 17 nitrogen and oxygen atoms in total. The SMILES string of the molecule is COc1ccc(C(OCC2OC(n3cnc4c(NC(=O)c5ccc(CNC(=O)OCC6c7ccccc7-c7ccccc76)cc5)ncnc43)CC2OP(OCCC#N)N(C(C)C)C(C)C)(c2ccccc2)c2ccc(OC)cc2)cc1. The molecule has 2 aromatic heterocycles. The average molecular weight is 1110 g/mol. The van der Waals surface area contributed by atoms with Crippen molar-refractivity contribution >= 4 is 37.5 Å². The Morgan fingerprint density at radius 2 is 1.37 bits per heavy atom. The zero-order chi connectivity index (χ0) is 56.5. The Balaban J connectivity index is 0.877. The van der Waals surface area contributed by atoms with Gasteiger partial charge in [-0.25, -0.2) is 24.4 Å². The summed E-state index contributed by atoms with van der Waals surface area (Å²) in [4.78, 5) is 40.6. The van der Waals surface area contributed by atoms with Crippen molar-refractivity contribution in [1.82, 2.24) is 29.5 Å². The van der Waals surface area contributed by atoms with Gasteiger partial charge in [-0.1, -0.05) is 115 Å². The Kier molecular flexibility index (Phi) is 17.8. The second kappa shape index (κ2) is 25.6. The van der Waals surface area contributed by atoms with E-state index in [0.29, 0.717) is 34.6 Å². The van der Waals surface area contributed by atoms with Gasteiger partial charge in [0, 0.05) is 36.5 Å². The normalized spacial score (nSPS) is 16.3. The third-order valence-corrected chi connectivity index (χ3v) is 16.8. The number of carbonyl (C=O) groups excluding carboxylic acids is 2. The van der Waals surface area contributed by atoms with Crippen molar-refractivity contribution in [1.29, 1.82) is 5.26 Å². The lowest BCUT2D eigenvalue weighted by molar-refractivity contribution is -0.0912. The lowest BCUT2D eigenvalue weighted by Gasteiger charge is -2.39. The maximum Gasteiger partial charge on any atom is 0.407 e. The van der Waals surface area contributed by atoms with Gasteiger partial charge in [0.15, 0.2) is 17.0 Å². The van der Waals surface area contributed by atoms with Crippen molar-refractivity contribution in [2.45, 2.75) is 89.1 Å². The van der Waals surface area contributed by atoms with E-state index in [2.05, 4.69) is 83.3 Å². The summed E-state index contributed by atoms with van der Waals surface area (Å²) in [5, 5.41) is 15.3. The van der Waals surface area contributed by atoms with Crippen LogP contribution >= 0.6 is 8.53 Å². The summed E-state index contributed by atoms with van der Waals surface area (Å²) in [6.45, 7) is 9.02.